The van der Waals surface area contributed by atoms with E-state index >= 15 is 0 Å². The monoisotopic (exact) mass is 345 g/mol. The van der Waals surface area contributed by atoms with E-state index in [1.165, 1.54) is 12.1 Å². The number of carbonyl (C=O) groups excluding carboxylic acids is 1. The number of nitrogens with zero attached hydrogens (tertiary/aromatic N) is 2. The molecule has 1 atom stereocenters. The maximum Gasteiger partial charge on any atom is 0.269 e. The lowest BCUT2D eigenvalue weighted by atomic mass is 9.84. The first-order chi connectivity index (χ1) is 12.0. The summed E-state index contributed by atoms with van der Waals surface area (Å²) >= 11 is 0. The molecule has 0 spiro atoms. The van der Waals surface area contributed by atoms with E-state index in [1.54, 1.807) is 17.0 Å². The molecule has 0 saturated carbocycles. The van der Waals surface area contributed by atoms with Gasteiger partial charge in [-0.25, -0.2) is 0 Å². The molecule has 1 fully saturated rings. The fourth-order valence-electron chi connectivity index (χ4n) is 3.38. The van der Waals surface area contributed by atoms with Crippen molar-refractivity contribution in [2.45, 2.75) is 32.7 Å². The van der Waals surface area contributed by atoms with Crippen LogP contribution in [0.5, 0.6) is 0 Å². The number of benzene rings is 1. The van der Waals surface area contributed by atoms with E-state index in [9.17, 15) is 14.9 Å². The number of nitro benzene ring substituents is 1. The third kappa shape index (κ3) is 5.67. The van der Waals surface area contributed by atoms with Crippen molar-refractivity contribution in [3.05, 3.63) is 52.6 Å². The molecule has 1 aromatic carbocycles. The van der Waals surface area contributed by atoms with Crippen molar-refractivity contribution in [1.82, 2.24) is 10.2 Å². The molecule has 136 valence electrons. The van der Waals surface area contributed by atoms with Crippen molar-refractivity contribution < 1.29 is 9.72 Å². The lowest BCUT2D eigenvalue weighted by Crippen LogP contribution is -2.35. The highest BCUT2D eigenvalue weighted by atomic mass is 16.6. The van der Waals surface area contributed by atoms with Gasteiger partial charge in [-0.1, -0.05) is 25.1 Å². The minimum atomic E-state index is -0.414. The van der Waals surface area contributed by atoms with E-state index in [2.05, 4.69) is 18.8 Å². The Labute approximate surface area is 149 Å². The van der Waals surface area contributed by atoms with Crippen LogP contribution < -0.4 is 5.32 Å². The molecule has 1 aliphatic heterocycles. The van der Waals surface area contributed by atoms with Crippen LogP contribution in [0.1, 0.15) is 31.7 Å². The molecule has 1 heterocycles. The predicted molar refractivity (Wildman–Crippen MR) is 98.1 cm³/mol. The van der Waals surface area contributed by atoms with Gasteiger partial charge in [0, 0.05) is 31.6 Å². The van der Waals surface area contributed by atoms with Crippen LogP contribution in [0.25, 0.3) is 0 Å². The summed E-state index contributed by atoms with van der Waals surface area (Å²) in [7, 11) is 0. The van der Waals surface area contributed by atoms with Crippen LogP contribution in [0.3, 0.4) is 0 Å². The lowest BCUT2D eigenvalue weighted by Gasteiger charge is -2.30. The Kier molecular flexibility index (Phi) is 7.13. The van der Waals surface area contributed by atoms with Crippen LogP contribution in [0.4, 0.5) is 5.69 Å². The van der Waals surface area contributed by atoms with Crippen LogP contribution >= 0.6 is 0 Å². The number of rotatable bonds is 8. The molecule has 1 aromatic rings. The fourth-order valence-corrected chi connectivity index (χ4v) is 3.38. The second kappa shape index (κ2) is 9.32. The summed E-state index contributed by atoms with van der Waals surface area (Å²) in [5.41, 5.74) is 0.811. The first-order valence-electron chi connectivity index (χ1n) is 8.84. The van der Waals surface area contributed by atoms with E-state index in [1.807, 2.05) is 6.07 Å². The maximum atomic E-state index is 12.7. The van der Waals surface area contributed by atoms with Gasteiger partial charge in [0.1, 0.15) is 0 Å². The lowest BCUT2D eigenvalue weighted by molar-refractivity contribution is -0.384. The number of nitrogens with one attached hydrogen (secondary N) is 1. The van der Waals surface area contributed by atoms with E-state index in [-0.39, 0.29) is 11.6 Å². The van der Waals surface area contributed by atoms with Gasteiger partial charge in [-0.3, -0.25) is 14.9 Å². The molecular weight excluding hydrogens is 318 g/mol. The van der Waals surface area contributed by atoms with Crippen LogP contribution in [0, 0.1) is 22.0 Å². The highest BCUT2D eigenvalue weighted by molar-refractivity contribution is 5.76. The molecule has 1 aliphatic rings. The zero-order chi connectivity index (χ0) is 18.2. The summed E-state index contributed by atoms with van der Waals surface area (Å²) in [6, 6.07) is 6.45. The quantitative estimate of drug-likeness (QED) is 0.446. The second-order valence-electron chi connectivity index (χ2n) is 6.76. The van der Waals surface area contributed by atoms with Crippen molar-refractivity contribution in [1.29, 1.82) is 0 Å². The molecule has 0 aliphatic carbocycles. The first kappa shape index (κ1) is 19.1. The molecule has 1 amide bonds. The van der Waals surface area contributed by atoms with E-state index in [0.717, 1.165) is 31.5 Å². The number of carbonyl (C=O) groups is 1. The molecule has 6 nitrogen and oxygen atoms in total. The average molecular weight is 345 g/mol. The molecule has 2 rings (SSSR count). The molecule has 1 N–H and O–H groups in total. The van der Waals surface area contributed by atoms with Crippen LogP contribution in [0.15, 0.2) is 36.9 Å². The van der Waals surface area contributed by atoms with Gasteiger partial charge in [-0.2, -0.15) is 0 Å². The number of nitro groups is 1. The zero-order valence-electron chi connectivity index (χ0n) is 14.8. The number of amides is 1. The minimum Gasteiger partial charge on any atom is -0.335 e. The Balaban J connectivity index is 2.00. The van der Waals surface area contributed by atoms with Crippen molar-refractivity contribution in [3.8, 4) is 0 Å². The van der Waals surface area contributed by atoms with Gasteiger partial charge >= 0.3 is 0 Å². The summed E-state index contributed by atoms with van der Waals surface area (Å²) < 4.78 is 0. The van der Waals surface area contributed by atoms with Gasteiger partial charge in [-0.15, -0.1) is 6.58 Å². The molecule has 0 radical (unpaired) electrons. The Hall–Kier alpha value is -2.21. The minimum absolute atomic E-state index is 0.0478. The third-order valence-corrected chi connectivity index (χ3v) is 4.88. The van der Waals surface area contributed by atoms with Gasteiger partial charge in [0.05, 0.1) is 4.92 Å². The largest absolute Gasteiger partial charge is 0.335 e. The summed E-state index contributed by atoms with van der Waals surface area (Å²) in [6.07, 6.45) is 4.43. The third-order valence-electron chi connectivity index (χ3n) is 4.88. The van der Waals surface area contributed by atoms with Crippen LogP contribution in [0.2, 0.25) is 0 Å². The molecule has 0 bridgehead atoms. The van der Waals surface area contributed by atoms with Crippen LogP contribution in [-0.2, 0) is 11.3 Å². The Morgan fingerprint density at radius 1 is 1.48 bits per heavy atom. The first-order valence-corrected chi connectivity index (χ1v) is 8.84. The summed E-state index contributed by atoms with van der Waals surface area (Å²) in [4.78, 5) is 25.0. The highest BCUT2D eigenvalue weighted by Crippen LogP contribution is 2.25. The molecule has 6 heteroatoms. The standard InChI is InChI=1S/C19H27N3O3/c1-3-11-21(14-16-5-4-6-18(13-16)22(24)25)19(23)12-15(2)17-7-9-20-10-8-17/h3-6,13,15,17,20H,1,7-12,14H2,2H3. The van der Waals surface area contributed by atoms with Crippen molar-refractivity contribution in [2.24, 2.45) is 11.8 Å². The predicted octanol–water partition coefficient (Wildman–Crippen LogP) is 3.14. The summed E-state index contributed by atoms with van der Waals surface area (Å²) in [6.45, 7) is 8.73. The van der Waals surface area contributed by atoms with E-state index < -0.39 is 4.92 Å². The topological polar surface area (TPSA) is 75.5 Å². The zero-order valence-corrected chi connectivity index (χ0v) is 14.8. The normalized spacial score (nSPS) is 16.2. The molecule has 25 heavy (non-hydrogen) atoms. The van der Waals surface area contributed by atoms with Gasteiger partial charge in [0.25, 0.3) is 5.69 Å². The maximum absolute atomic E-state index is 12.7. The molecule has 1 unspecified atom stereocenters. The van der Waals surface area contributed by atoms with Crippen molar-refractivity contribution in [3.63, 3.8) is 0 Å². The van der Waals surface area contributed by atoms with Gasteiger partial charge in [0.15, 0.2) is 0 Å². The SMILES string of the molecule is C=CCN(Cc1cccc([N+](=O)[O-])c1)C(=O)CC(C)C1CCNCC1. The number of non-ortho nitro benzene ring substituents is 1. The summed E-state index contributed by atoms with van der Waals surface area (Å²) in [5.74, 6) is 0.998. The van der Waals surface area contributed by atoms with Gasteiger partial charge in [-0.05, 0) is 43.3 Å². The van der Waals surface area contributed by atoms with Crippen LogP contribution in [-0.4, -0.2) is 35.4 Å². The molecular formula is C19H27N3O3. The fraction of sp³-hybridized carbons (Fsp3) is 0.526. The average Bonchev–Trinajstić information content (AvgIpc) is 2.62. The van der Waals surface area contributed by atoms with Crippen molar-refractivity contribution >= 4 is 11.6 Å². The van der Waals surface area contributed by atoms with Crippen molar-refractivity contribution in [2.75, 3.05) is 19.6 Å². The second-order valence-corrected chi connectivity index (χ2v) is 6.76. The number of hydrogen-bond acceptors (Lipinski definition) is 4. The molecule has 1 saturated heterocycles. The van der Waals surface area contributed by atoms with Gasteiger partial charge in [0.2, 0.25) is 5.91 Å². The Morgan fingerprint density at radius 2 is 2.20 bits per heavy atom. The summed E-state index contributed by atoms with van der Waals surface area (Å²) in [5, 5.41) is 14.3. The Morgan fingerprint density at radius 3 is 2.84 bits per heavy atom. The molecule has 0 aromatic heterocycles. The Bertz CT molecular complexity index is 612. The van der Waals surface area contributed by atoms with Gasteiger partial charge < -0.3 is 10.2 Å². The smallest absolute Gasteiger partial charge is 0.269 e. The number of piperidine rings is 1. The van der Waals surface area contributed by atoms with E-state index in [4.69, 9.17) is 0 Å². The number of hydrogen-bond donors (Lipinski definition) is 1. The highest BCUT2D eigenvalue weighted by Gasteiger charge is 2.24. The van der Waals surface area contributed by atoms with E-state index in [0.29, 0.717) is 31.3 Å².